The zero-order chi connectivity index (χ0) is 27.6. The first-order valence-corrected chi connectivity index (χ1v) is 14.0. The molecule has 1 saturated heterocycles. The number of likely N-dealkylation sites (N-methyl/N-ethyl adjacent to an activating group) is 1. The largest absolute Gasteiger partial charge is 0.454 e. The Balaban J connectivity index is 1.35. The van der Waals surface area contributed by atoms with Gasteiger partial charge in [0.2, 0.25) is 6.79 Å². The average Bonchev–Trinajstić information content (AvgIpc) is 3.53. The molecule has 7 nitrogen and oxygen atoms in total. The first-order chi connectivity index (χ1) is 19.3. The minimum Gasteiger partial charge on any atom is -0.454 e. The fraction of sp³-hybridized carbons (Fsp3) is 0.290. The van der Waals surface area contributed by atoms with E-state index in [1.807, 2.05) is 18.2 Å². The molecule has 40 heavy (non-hydrogen) atoms. The van der Waals surface area contributed by atoms with E-state index in [4.69, 9.17) is 42.1 Å². The van der Waals surface area contributed by atoms with E-state index in [1.165, 1.54) is 5.57 Å². The number of nitrogens with zero attached hydrogens (tertiary/aromatic N) is 1. The summed E-state index contributed by atoms with van der Waals surface area (Å²) in [7, 11) is 2.23. The van der Waals surface area contributed by atoms with Crippen LogP contribution < -0.4 is 9.47 Å². The lowest BCUT2D eigenvalue weighted by Gasteiger charge is -2.49. The minimum atomic E-state index is -0.839. The van der Waals surface area contributed by atoms with Crippen molar-refractivity contribution in [2.45, 2.75) is 37.1 Å². The second-order valence-corrected chi connectivity index (χ2v) is 11.7. The van der Waals surface area contributed by atoms with Crippen molar-refractivity contribution in [2.24, 2.45) is 0 Å². The van der Waals surface area contributed by atoms with Crippen molar-refractivity contribution in [3.8, 4) is 11.5 Å². The molecule has 0 N–H and O–H groups in total. The molecule has 204 valence electrons. The number of hydrogen-bond donors (Lipinski definition) is 0. The third-order valence-corrected chi connectivity index (χ3v) is 9.22. The van der Waals surface area contributed by atoms with Gasteiger partial charge in [0.15, 0.2) is 23.7 Å². The van der Waals surface area contributed by atoms with Gasteiger partial charge in [0.25, 0.3) is 0 Å². The van der Waals surface area contributed by atoms with Crippen LogP contribution in [0.4, 0.5) is 0 Å². The number of carbonyl (C=O) groups excluding carboxylic acids is 2. The monoisotopic (exact) mass is 578 g/mol. The molecule has 0 aromatic heterocycles. The van der Waals surface area contributed by atoms with Gasteiger partial charge in [-0.25, -0.2) is 9.59 Å². The summed E-state index contributed by atoms with van der Waals surface area (Å²) in [6, 6.07) is 17.6. The topological polar surface area (TPSA) is 71.1 Å². The van der Waals surface area contributed by atoms with E-state index in [0.29, 0.717) is 16.5 Å². The van der Waals surface area contributed by atoms with Crippen LogP contribution >= 0.6 is 23.2 Å². The maximum atomic E-state index is 13.6. The SMILES string of the molecule is C[N+]12CCC3=C[C@H](OC(=O)c4ccccc4Cl)[C@@H](OC(=O)c4ccccc4Cl)[C@@H](c4cc5c(cc4C1)OCO5)[C@@H]32. The van der Waals surface area contributed by atoms with Crippen molar-refractivity contribution in [3.05, 3.63) is 105 Å². The van der Waals surface area contributed by atoms with E-state index in [-0.39, 0.29) is 34.9 Å². The Morgan fingerprint density at radius 3 is 2.20 bits per heavy atom. The van der Waals surface area contributed by atoms with Crippen molar-refractivity contribution in [1.82, 2.24) is 0 Å². The predicted octanol–water partition coefficient (Wildman–Crippen LogP) is 5.93. The summed E-state index contributed by atoms with van der Waals surface area (Å²) in [5.74, 6) is -0.0835. The van der Waals surface area contributed by atoms with Crippen molar-refractivity contribution < 1.29 is 33.0 Å². The van der Waals surface area contributed by atoms with Crippen LogP contribution in [0.25, 0.3) is 0 Å². The Kier molecular flexibility index (Phi) is 6.07. The Morgan fingerprint density at radius 2 is 1.52 bits per heavy atom. The van der Waals surface area contributed by atoms with Crippen LogP contribution in [0.5, 0.6) is 11.5 Å². The fourth-order valence-corrected chi connectivity index (χ4v) is 7.22. The minimum absolute atomic E-state index is 0.0483. The lowest BCUT2D eigenvalue weighted by molar-refractivity contribution is -0.935. The molecule has 3 aliphatic heterocycles. The molecule has 1 fully saturated rings. The van der Waals surface area contributed by atoms with E-state index in [1.54, 1.807) is 48.5 Å². The molecule has 9 heteroatoms. The highest BCUT2D eigenvalue weighted by Crippen LogP contribution is 2.53. The van der Waals surface area contributed by atoms with Gasteiger partial charge in [-0.3, -0.25) is 0 Å². The quantitative estimate of drug-likeness (QED) is 0.217. The molecule has 3 aromatic rings. The van der Waals surface area contributed by atoms with Gasteiger partial charge in [0.05, 0.1) is 40.7 Å². The Bertz CT molecular complexity index is 1590. The van der Waals surface area contributed by atoms with Gasteiger partial charge < -0.3 is 23.4 Å². The highest BCUT2D eigenvalue weighted by Gasteiger charge is 2.59. The smallest absolute Gasteiger partial charge is 0.340 e. The molecule has 5 atom stereocenters. The van der Waals surface area contributed by atoms with Gasteiger partial charge in [-0.2, -0.15) is 0 Å². The van der Waals surface area contributed by atoms with E-state index < -0.39 is 24.1 Å². The van der Waals surface area contributed by atoms with Crippen molar-refractivity contribution in [3.63, 3.8) is 0 Å². The summed E-state index contributed by atoms with van der Waals surface area (Å²) in [6.07, 6.45) is 1.17. The van der Waals surface area contributed by atoms with Gasteiger partial charge in [-0.1, -0.05) is 47.5 Å². The lowest BCUT2D eigenvalue weighted by Crippen LogP contribution is -2.59. The molecule has 3 aromatic carbocycles. The van der Waals surface area contributed by atoms with Crippen LogP contribution in [-0.2, 0) is 16.0 Å². The molecule has 1 unspecified atom stereocenters. The second-order valence-electron chi connectivity index (χ2n) is 10.9. The number of quaternary nitrogens is 1. The molecule has 3 heterocycles. The number of hydrogen-bond acceptors (Lipinski definition) is 6. The molecule has 0 radical (unpaired) electrons. The van der Waals surface area contributed by atoms with Crippen LogP contribution in [0.1, 0.15) is 44.2 Å². The van der Waals surface area contributed by atoms with Gasteiger partial charge in [-0.15, -0.1) is 0 Å². The summed E-state index contributed by atoms with van der Waals surface area (Å²) < 4.78 is 24.6. The van der Waals surface area contributed by atoms with Gasteiger partial charge in [0.1, 0.15) is 12.6 Å². The molecule has 0 amide bonds. The summed E-state index contributed by atoms with van der Waals surface area (Å²) in [6.45, 7) is 1.88. The summed E-state index contributed by atoms with van der Waals surface area (Å²) in [4.78, 5) is 27.0. The van der Waals surface area contributed by atoms with E-state index >= 15 is 0 Å². The van der Waals surface area contributed by atoms with Crippen molar-refractivity contribution in [2.75, 3.05) is 20.4 Å². The Hall–Kier alpha value is -3.52. The van der Waals surface area contributed by atoms with Gasteiger partial charge in [0, 0.05) is 12.0 Å². The third-order valence-electron chi connectivity index (χ3n) is 8.56. The third kappa shape index (κ3) is 4.07. The van der Waals surface area contributed by atoms with E-state index in [9.17, 15) is 9.59 Å². The average molecular weight is 579 g/mol. The molecular formula is C31H26Cl2NO6+. The Morgan fingerprint density at radius 1 is 0.900 bits per heavy atom. The van der Waals surface area contributed by atoms with Gasteiger partial charge in [-0.05, 0) is 53.6 Å². The predicted molar refractivity (Wildman–Crippen MR) is 148 cm³/mol. The second kappa shape index (κ2) is 9.54. The maximum Gasteiger partial charge on any atom is 0.340 e. The first-order valence-electron chi connectivity index (χ1n) is 13.2. The molecule has 7 rings (SSSR count). The van der Waals surface area contributed by atoms with Crippen molar-refractivity contribution in [1.29, 1.82) is 0 Å². The van der Waals surface area contributed by atoms with Crippen LogP contribution in [0.3, 0.4) is 0 Å². The number of halogens is 2. The van der Waals surface area contributed by atoms with Crippen LogP contribution in [0.15, 0.2) is 72.3 Å². The summed E-state index contributed by atoms with van der Waals surface area (Å²) >= 11 is 12.7. The molecular weight excluding hydrogens is 553 g/mol. The number of ether oxygens (including phenoxy) is 4. The zero-order valence-corrected chi connectivity index (χ0v) is 23.2. The zero-order valence-electron chi connectivity index (χ0n) is 21.6. The molecule has 0 spiro atoms. The van der Waals surface area contributed by atoms with Crippen LogP contribution in [-0.4, -0.2) is 55.1 Å². The number of esters is 2. The van der Waals surface area contributed by atoms with Crippen LogP contribution in [0.2, 0.25) is 10.0 Å². The standard InChI is InChI=1S/C31H26Cl2NO6/c1-34-11-10-17-12-26(39-30(35)19-6-2-4-8-22(19)32)29(40-31(36)20-7-3-5-9-23(20)33)27(28(17)34)21-14-25-24(37-16-38-25)13-18(21)15-34/h2-9,12-14,26-29H,10-11,15-16H2,1H3/q+1/t26-,27-,28+,29+,34?/m0/s1. The lowest BCUT2D eigenvalue weighted by atomic mass is 9.72. The Labute approximate surface area is 241 Å². The molecule has 4 aliphatic rings. The number of rotatable bonds is 4. The summed E-state index contributed by atoms with van der Waals surface area (Å²) in [5.41, 5.74) is 3.80. The van der Waals surface area contributed by atoms with Gasteiger partial charge >= 0.3 is 11.9 Å². The van der Waals surface area contributed by atoms with E-state index in [2.05, 4.69) is 7.05 Å². The van der Waals surface area contributed by atoms with Crippen LogP contribution in [0, 0.1) is 0 Å². The molecule has 1 aliphatic carbocycles. The summed E-state index contributed by atoms with van der Waals surface area (Å²) in [5, 5.41) is 0.581. The number of carbonyl (C=O) groups is 2. The highest BCUT2D eigenvalue weighted by molar-refractivity contribution is 6.34. The molecule has 0 bridgehead atoms. The highest BCUT2D eigenvalue weighted by atomic mass is 35.5. The maximum absolute atomic E-state index is 13.6. The fourth-order valence-electron chi connectivity index (χ4n) is 6.79. The van der Waals surface area contributed by atoms with Crippen molar-refractivity contribution >= 4 is 35.1 Å². The molecule has 0 saturated carbocycles. The number of benzene rings is 3. The first kappa shape index (κ1) is 25.4. The normalized spacial score (nSPS) is 27.3. The van der Waals surface area contributed by atoms with E-state index in [0.717, 1.165) is 35.1 Å². The number of fused-ring (bicyclic) bond motifs is 3.